The van der Waals surface area contributed by atoms with E-state index in [4.69, 9.17) is 9.52 Å². The minimum absolute atomic E-state index is 0.208. The van der Waals surface area contributed by atoms with Crippen LogP contribution in [0.1, 0.15) is 20.9 Å². The van der Waals surface area contributed by atoms with E-state index in [1.165, 1.54) is 18.4 Å². The molecule has 1 aromatic carbocycles. The van der Waals surface area contributed by atoms with Gasteiger partial charge in [-0.1, -0.05) is 12.1 Å². The minimum atomic E-state index is -0.977. The highest BCUT2D eigenvalue weighted by molar-refractivity contribution is 5.89. The van der Waals surface area contributed by atoms with E-state index in [-0.39, 0.29) is 11.3 Å². The SMILES string of the molecule is O=Cc1occc1-c1ccc(C(=O)O)cc1. The molecule has 0 aliphatic rings. The third kappa shape index (κ3) is 1.72. The number of carboxylic acid groups (broad SMARTS) is 1. The smallest absolute Gasteiger partial charge is 0.335 e. The van der Waals surface area contributed by atoms with E-state index in [0.29, 0.717) is 11.8 Å². The zero-order chi connectivity index (χ0) is 11.5. The maximum absolute atomic E-state index is 10.6. The first-order chi connectivity index (χ1) is 7.72. The number of hydrogen-bond donors (Lipinski definition) is 1. The predicted molar refractivity (Wildman–Crippen MR) is 56.5 cm³/mol. The Morgan fingerprint density at radius 3 is 2.44 bits per heavy atom. The van der Waals surface area contributed by atoms with Crippen molar-refractivity contribution in [1.82, 2.24) is 0 Å². The average molecular weight is 216 g/mol. The predicted octanol–water partition coefficient (Wildman–Crippen LogP) is 2.46. The first kappa shape index (κ1) is 10.2. The Hall–Kier alpha value is -2.36. The second kappa shape index (κ2) is 4.02. The average Bonchev–Trinajstić information content (AvgIpc) is 2.77. The molecular weight excluding hydrogens is 208 g/mol. The van der Waals surface area contributed by atoms with E-state index in [9.17, 15) is 9.59 Å². The molecule has 1 aromatic heterocycles. The van der Waals surface area contributed by atoms with Crippen molar-refractivity contribution in [3.8, 4) is 11.1 Å². The molecule has 0 saturated carbocycles. The summed E-state index contributed by atoms with van der Waals surface area (Å²) in [6.07, 6.45) is 2.05. The summed E-state index contributed by atoms with van der Waals surface area (Å²) in [4.78, 5) is 21.3. The molecule has 0 bridgehead atoms. The van der Waals surface area contributed by atoms with Crippen molar-refractivity contribution in [2.45, 2.75) is 0 Å². The molecule has 0 unspecified atom stereocenters. The Bertz CT molecular complexity index is 522. The van der Waals surface area contributed by atoms with Gasteiger partial charge in [0.05, 0.1) is 11.8 Å². The van der Waals surface area contributed by atoms with Gasteiger partial charge in [0, 0.05) is 5.56 Å². The Labute approximate surface area is 91.1 Å². The number of hydrogen-bond acceptors (Lipinski definition) is 3. The fraction of sp³-hybridized carbons (Fsp3) is 0. The van der Waals surface area contributed by atoms with Crippen LogP contribution in [0.4, 0.5) is 0 Å². The quantitative estimate of drug-likeness (QED) is 0.800. The largest absolute Gasteiger partial charge is 0.478 e. The maximum Gasteiger partial charge on any atom is 0.335 e. The van der Waals surface area contributed by atoms with Crippen molar-refractivity contribution in [2.24, 2.45) is 0 Å². The lowest BCUT2D eigenvalue weighted by molar-refractivity contribution is 0.0696. The summed E-state index contributed by atoms with van der Waals surface area (Å²) in [6.45, 7) is 0. The highest BCUT2D eigenvalue weighted by Crippen LogP contribution is 2.23. The molecule has 80 valence electrons. The summed E-state index contributed by atoms with van der Waals surface area (Å²) >= 11 is 0. The van der Waals surface area contributed by atoms with Crippen molar-refractivity contribution in [3.63, 3.8) is 0 Å². The summed E-state index contributed by atoms with van der Waals surface area (Å²) < 4.78 is 4.96. The molecule has 4 nitrogen and oxygen atoms in total. The van der Waals surface area contributed by atoms with Crippen LogP contribution in [0.25, 0.3) is 11.1 Å². The molecule has 4 heteroatoms. The summed E-state index contributed by atoms with van der Waals surface area (Å²) in [5.41, 5.74) is 1.62. The molecule has 0 spiro atoms. The standard InChI is InChI=1S/C12H8O4/c13-7-11-10(5-6-16-11)8-1-3-9(4-2-8)12(14)15/h1-7H,(H,14,15). The van der Waals surface area contributed by atoms with Crippen molar-refractivity contribution in [1.29, 1.82) is 0 Å². The van der Waals surface area contributed by atoms with Crippen LogP contribution in [0.2, 0.25) is 0 Å². The lowest BCUT2D eigenvalue weighted by Gasteiger charge is -1.99. The van der Waals surface area contributed by atoms with E-state index in [1.54, 1.807) is 18.2 Å². The van der Waals surface area contributed by atoms with Crippen LogP contribution in [0.5, 0.6) is 0 Å². The van der Waals surface area contributed by atoms with Gasteiger partial charge in [-0.15, -0.1) is 0 Å². The van der Waals surface area contributed by atoms with Crippen molar-refractivity contribution in [3.05, 3.63) is 47.9 Å². The van der Waals surface area contributed by atoms with Crippen LogP contribution >= 0.6 is 0 Å². The van der Waals surface area contributed by atoms with Crippen molar-refractivity contribution < 1.29 is 19.1 Å². The highest BCUT2D eigenvalue weighted by Gasteiger charge is 2.08. The molecule has 0 saturated heterocycles. The molecule has 0 radical (unpaired) electrons. The van der Waals surface area contributed by atoms with Crippen LogP contribution in [0, 0.1) is 0 Å². The molecule has 0 amide bonds. The highest BCUT2D eigenvalue weighted by atomic mass is 16.4. The maximum atomic E-state index is 10.6. The molecular formula is C12H8O4. The van der Waals surface area contributed by atoms with Gasteiger partial charge >= 0.3 is 5.97 Å². The number of carbonyl (C=O) groups excluding carboxylic acids is 1. The molecule has 0 atom stereocenters. The van der Waals surface area contributed by atoms with Gasteiger partial charge in [-0.3, -0.25) is 4.79 Å². The first-order valence-corrected chi connectivity index (χ1v) is 4.59. The summed E-state index contributed by atoms with van der Waals surface area (Å²) in [5, 5.41) is 8.73. The number of carboxylic acids is 1. The van der Waals surface area contributed by atoms with Gasteiger partial charge in [0.2, 0.25) is 0 Å². The van der Waals surface area contributed by atoms with Gasteiger partial charge < -0.3 is 9.52 Å². The van der Waals surface area contributed by atoms with Crippen LogP contribution in [0.15, 0.2) is 41.0 Å². The van der Waals surface area contributed by atoms with E-state index in [2.05, 4.69) is 0 Å². The van der Waals surface area contributed by atoms with E-state index < -0.39 is 5.97 Å². The number of rotatable bonds is 3. The Morgan fingerprint density at radius 1 is 1.19 bits per heavy atom. The van der Waals surface area contributed by atoms with Crippen LogP contribution < -0.4 is 0 Å². The minimum Gasteiger partial charge on any atom is -0.478 e. The van der Waals surface area contributed by atoms with Crippen LogP contribution in [-0.4, -0.2) is 17.4 Å². The molecule has 1 heterocycles. The van der Waals surface area contributed by atoms with E-state index in [0.717, 1.165) is 5.56 Å². The summed E-state index contributed by atoms with van der Waals surface area (Å²) in [7, 11) is 0. The van der Waals surface area contributed by atoms with Crippen molar-refractivity contribution >= 4 is 12.3 Å². The zero-order valence-electron chi connectivity index (χ0n) is 8.21. The van der Waals surface area contributed by atoms with Gasteiger partial charge in [0.15, 0.2) is 12.0 Å². The van der Waals surface area contributed by atoms with Crippen molar-refractivity contribution in [2.75, 3.05) is 0 Å². The second-order valence-electron chi connectivity index (χ2n) is 3.20. The topological polar surface area (TPSA) is 67.5 Å². The Kier molecular flexibility index (Phi) is 2.55. The summed E-state index contributed by atoms with van der Waals surface area (Å²) in [5.74, 6) is -0.738. The second-order valence-corrected chi connectivity index (χ2v) is 3.20. The number of benzene rings is 1. The molecule has 2 rings (SSSR count). The number of aromatic carboxylic acids is 1. The monoisotopic (exact) mass is 216 g/mol. The lowest BCUT2D eigenvalue weighted by atomic mass is 10.0. The van der Waals surface area contributed by atoms with Crippen LogP contribution in [-0.2, 0) is 0 Å². The van der Waals surface area contributed by atoms with Gasteiger partial charge in [-0.05, 0) is 23.8 Å². The molecule has 1 N–H and O–H groups in total. The fourth-order valence-corrected chi connectivity index (χ4v) is 1.44. The van der Waals surface area contributed by atoms with Gasteiger partial charge in [-0.2, -0.15) is 0 Å². The van der Waals surface area contributed by atoms with E-state index in [1.807, 2.05) is 0 Å². The molecule has 2 aromatic rings. The number of carbonyl (C=O) groups is 2. The van der Waals surface area contributed by atoms with Crippen LogP contribution in [0.3, 0.4) is 0 Å². The fourth-order valence-electron chi connectivity index (χ4n) is 1.44. The van der Waals surface area contributed by atoms with Gasteiger partial charge in [-0.25, -0.2) is 4.79 Å². The normalized spacial score (nSPS) is 10.0. The van der Waals surface area contributed by atoms with E-state index >= 15 is 0 Å². The Balaban J connectivity index is 2.42. The zero-order valence-corrected chi connectivity index (χ0v) is 8.21. The number of furan rings is 1. The molecule has 0 aliphatic heterocycles. The third-order valence-electron chi connectivity index (χ3n) is 2.25. The molecule has 0 aliphatic carbocycles. The lowest BCUT2D eigenvalue weighted by Crippen LogP contribution is -1.95. The Morgan fingerprint density at radius 2 is 1.88 bits per heavy atom. The summed E-state index contributed by atoms with van der Waals surface area (Å²) in [6, 6.07) is 7.92. The number of aldehydes is 1. The van der Waals surface area contributed by atoms with Gasteiger partial charge in [0.1, 0.15) is 0 Å². The third-order valence-corrected chi connectivity index (χ3v) is 2.25. The molecule has 16 heavy (non-hydrogen) atoms. The van der Waals surface area contributed by atoms with Gasteiger partial charge in [0.25, 0.3) is 0 Å². The first-order valence-electron chi connectivity index (χ1n) is 4.59. The molecule has 0 fully saturated rings.